The van der Waals surface area contributed by atoms with Gasteiger partial charge < -0.3 is 4.90 Å². The van der Waals surface area contributed by atoms with E-state index >= 15 is 0 Å². The molecule has 2 aliphatic rings. The predicted octanol–water partition coefficient (Wildman–Crippen LogP) is 1.76. The molecule has 128 valence electrons. The molecule has 2 fully saturated rings. The van der Waals surface area contributed by atoms with Gasteiger partial charge in [0, 0.05) is 55.8 Å². The summed E-state index contributed by atoms with van der Waals surface area (Å²) in [5, 5.41) is 7.46. The van der Waals surface area contributed by atoms with Gasteiger partial charge in [0.15, 0.2) is 0 Å². The maximum atomic E-state index is 12.7. The summed E-state index contributed by atoms with van der Waals surface area (Å²) >= 11 is 1.65. The second-order valence-corrected chi connectivity index (χ2v) is 7.90. The van der Waals surface area contributed by atoms with E-state index in [1.54, 1.807) is 11.3 Å². The summed E-state index contributed by atoms with van der Waals surface area (Å²) in [6, 6.07) is 0. The third kappa shape index (κ3) is 2.98. The molecule has 2 aliphatic heterocycles. The number of fused-ring (bicyclic) bond motifs is 1. The summed E-state index contributed by atoms with van der Waals surface area (Å²) in [4.78, 5) is 21.6. The van der Waals surface area contributed by atoms with E-state index in [2.05, 4.69) is 33.5 Å². The fraction of sp³-hybridized carbons (Fsp3) is 0.588. The second-order valence-electron chi connectivity index (χ2n) is 6.84. The van der Waals surface area contributed by atoms with Crippen LogP contribution in [0.3, 0.4) is 0 Å². The van der Waals surface area contributed by atoms with Gasteiger partial charge in [0.05, 0.1) is 29.4 Å². The summed E-state index contributed by atoms with van der Waals surface area (Å²) in [6.07, 6.45) is 4.04. The molecule has 0 N–H and O–H groups in total. The van der Waals surface area contributed by atoms with Gasteiger partial charge in [0.25, 0.3) is 0 Å². The zero-order chi connectivity index (χ0) is 16.7. The van der Waals surface area contributed by atoms with Crippen molar-refractivity contribution in [1.82, 2.24) is 24.6 Å². The van der Waals surface area contributed by atoms with Crippen molar-refractivity contribution in [3.05, 3.63) is 34.0 Å². The van der Waals surface area contributed by atoms with Crippen LogP contribution in [0.15, 0.2) is 17.8 Å². The summed E-state index contributed by atoms with van der Waals surface area (Å²) in [6.45, 7) is 9.29. The number of amides is 1. The molecule has 2 aromatic heterocycles. The fourth-order valence-electron chi connectivity index (χ4n) is 3.90. The molecule has 6 nitrogen and oxygen atoms in total. The van der Waals surface area contributed by atoms with Gasteiger partial charge in [-0.15, -0.1) is 11.3 Å². The van der Waals surface area contributed by atoms with Gasteiger partial charge in [-0.1, -0.05) is 0 Å². The summed E-state index contributed by atoms with van der Waals surface area (Å²) in [5.74, 6) is 0.918. The van der Waals surface area contributed by atoms with E-state index in [1.165, 1.54) is 5.56 Å². The van der Waals surface area contributed by atoms with Crippen LogP contribution in [0.1, 0.15) is 23.2 Å². The Morgan fingerprint density at radius 2 is 2.17 bits per heavy atom. The van der Waals surface area contributed by atoms with Crippen LogP contribution in [0.25, 0.3) is 0 Å². The predicted molar refractivity (Wildman–Crippen MR) is 92.4 cm³/mol. The van der Waals surface area contributed by atoms with Gasteiger partial charge in [-0.25, -0.2) is 4.98 Å². The van der Waals surface area contributed by atoms with Crippen LogP contribution in [-0.2, 0) is 24.4 Å². The SMILES string of the molecule is CCn1cc(CN2C[C@H]3CN(Cc4csc(C)n4)C(=O)[C@H]3C2)cn1. The first kappa shape index (κ1) is 15.8. The zero-order valence-corrected chi connectivity index (χ0v) is 15.0. The summed E-state index contributed by atoms with van der Waals surface area (Å²) < 4.78 is 1.95. The highest BCUT2D eigenvalue weighted by Gasteiger charge is 2.46. The Morgan fingerprint density at radius 3 is 2.83 bits per heavy atom. The third-order valence-electron chi connectivity index (χ3n) is 5.04. The van der Waals surface area contributed by atoms with Gasteiger partial charge in [-0.2, -0.15) is 5.10 Å². The molecule has 0 unspecified atom stereocenters. The standard InChI is InChI=1S/C17H23N5OS/c1-3-22-6-13(4-18-22)5-20-7-14-8-21(17(23)16(14)10-20)9-15-11-24-12(2)19-15/h4,6,11,14,16H,3,5,7-10H2,1-2H3/t14-,16-/m0/s1. The molecular weight excluding hydrogens is 322 g/mol. The molecule has 0 radical (unpaired) electrons. The summed E-state index contributed by atoms with van der Waals surface area (Å²) in [7, 11) is 0. The Labute approximate surface area is 146 Å². The first-order valence-electron chi connectivity index (χ1n) is 8.56. The van der Waals surface area contributed by atoms with Crippen LogP contribution >= 0.6 is 11.3 Å². The van der Waals surface area contributed by atoms with Crippen molar-refractivity contribution in [2.24, 2.45) is 11.8 Å². The second kappa shape index (κ2) is 6.29. The molecule has 2 saturated heterocycles. The van der Waals surface area contributed by atoms with E-state index in [4.69, 9.17) is 0 Å². The van der Waals surface area contributed by atoms with Crippen molar-refractivity contribution in [3.63, 3.8) is 0 Å². The minimum absolute atomic E-state index is 0.158. The number of likely N-dealkylation sites (tertiary alicyclic amines) is 2. The summed E-state index contributed by atoms with van der Waals surface area (Å²) in [5.41, 5.74) is 2.26. The van der Waals surface area contributed by atoms with Crippen LogP contribution in [0, 0.1) is 18.8 Å². The first-order valence-corrected chi connectivity index (χ1v) is 9.44. The van der Waals surface area contributed by atoms with Crippen LogP contribution in [-0.4, -0.2) is 50.1 Å². The highest BCUT2D eigenvalue weighted by atomic mass is 32.1. The van der Waals surface area contributed by atoms with Crippen molar-refractivity contribution >= 4 is 17.2 Å². The highest BCUT2D eigenvalue weighted by Crippen LogP contribution is 2.33. The maximum absolute atomic E-state index is 12.7. The average molecular weight is 345 g/mol. The topological polar surface area (TPSA) is 54.3 Å². The lowest BCUT2D eigenvalue weighted by Crippen LogP contribution is -2.32. The van der Waals surface area contributed by atoms with Gasteiger partial charge in [0.1, 0.15) is 0 Å². The van der Waals surface area contributed by atoms with Crippen LogP contribution in [0.5, 0.6) is 0 Å². The molecule has 4 rings (SSSR count). The number of thiazole rings is 1. The van der Waals surface area contributed by atoms with Gasteiger partial charge in [-0.3, -0.25) is 14.4 Å². The monoisotopic (exact) mass is 345 g/mol. The Bertz CT molecular complexity index is 739. The lowest BCUT2D eigenvalue weighted by Gasteiger charge is -2.20. The molecule has 0 aliphatic carbocycles. The van der Waals surface area contributed by atoms with Crippen LogP contribution in [0.2, 0.25) is 0 Å². The number of aryl methyl sites for hydroxylation is 2. The Hall–Kier alpha value is -1.73. The number of hydrogen-bond acceptors (Lipinski definition) is 5. The van der Waals surface area contributed by atoms with E-state index in [-0.39, 0.29) is 5.92 Å². The van der Waals surface area contributed by atoms with E-state index < -0.39 is 0 Å². The third-order valence-corrected chi connectivity index (χ3v) is 5.86. The molecule has 0 aromatic carbocycles. The maximum Gasteiger partial charge on any atom is 0.227 e. The van der Waals surface area contributed by atoms with E-state index in [9.17, 15) is 4.79 Å². The zero-order valence-electron chi connectivity index (χ0n) is 14.2. The largest absolute Gasteiger partial charge is 0.336 e. The van der Waals surface area contributed by atoms with Crippen molar-refractivity contribution in [3.8, 4) is 0 Å². The molecule has 2 aromatic rings. The fourth-order valence-corrected chi connectivity index (χ4v) is 4.50. The normalized spacial score (nSPS) is 24.1. The molecule has 7 heteroatoms. The van der Waals surface area contributed by atoms with Gasteiger partial charge >= 0.3 is 0 Å². The van der Waals surface area contributed by atoms with E-state index in [1.807, 2.05) is 22.7 Å². The van der Waals surface area contributed by atoms with E-state index in [0.717, 1.165) is 43.4 Å². The number of carbonyl (C=O) groups excluding carboxylic acids is 1. The van der Waals surface area contributed by atoms with Gasteiger partial charge in [0.2, 0.25) is 5.91 Å². The quantitative estimate of drug-likeness (QED) is 0.829. The van der Waals surface area contributed by atoms with Crippen molar-refractivity contribution < 1.29 is 4.79 Å². The lowest BCUT2D eigenvalue weighted by atomic mass is 10.0. The van der Waals surface area contributed by atoms with Crippen LogP contribution < -0.4 is 0 Å². The molecule has 0 spiro atoms. The Morgan fingerprint density at radius 1 is 1.29 bits per heavy atom. The highest BCUT2D eigenvalue weighted by molar-refractivity contribution is 7.09. The molecule has 2 atom stereocenters. The molecule has 0 bridgehead atoms. The number of carbonyl (C=O) groups is 1. The van der Waals surface area contributed by atoms with Crippen LogP contribution in [0.4, 0.5) is 0 Å². The molecule has 1 amide bonds. The molecular formula is C17H23N5OS. The Kier molecular flexibility index (Phi) is 4.14. The Balaban J connectivity index is 1.35. The van der Waals surface area contributed by atoms with Gasteiger partial charge in [-0.05, 0) is 13.8 Å². The number of aromatic nitrogens is 3. The molecule has 4 heterocycles. The first-order chi connectivity index (χ1) is 11.6. The number of rotatable bonds is 5. The minimum Gasteiger partial charge on any atom is -0.336 e. The molecule has 24 heavy (non-hydrogen) atoms. The lowest BCUT2D eigenvalue weighted by molar-refractivity contribution is -0.131. The minimum atomic E-state index is 0.158. The van der Waals surface area contributed by atoms with E-state index in [0.29, 0.717) is 18.4 Å². The van der Waals surface area contributed by atoms with Crippen molar-refractivity contribution in [2.45, 2.75) is 33.5 Å². The molecule has 0 saturated carbocycles. The number of hydrogen-bond donors (Lipinski definition) is 0. The van der Waals surface area contributed by atoms with Crippen molar-refractivity contribution in [1.29, 1.82) is 0 Å². The number of nitrogens with zero attached hydrogens (tertiary/aromatic N) is 5. The average Bonchev–Trinajstić information content (AvgIpc) is 3.30. The smallest absolute Gasteiger partial charge is 0.227 e. The van der Waals surface area contributed by atoms with Crippen molar-refractivity contribution in [2.75, 3.05) is 19.6 Å².